The molecule has 6 nitrogen and oxygen atoms in total. The van der Waals surface area contributed by atoms with Crippen molar-refractivity contribution < 1.29 is 4.79 Å². The van der Waals surface area contributed by atoms with E-state index in [9.17, 15) is 4.79 Å². The number of likely N-dealkylation sites (tertiary alicyclic amines) is 1. The molecule has 5 rings (SSSR count). The molecule has 0 spiro atoms. The Balaban J connectivity index is 0.000000455. The fourth-order valence-corrected chi connectivity index (χ4v) is 9.14. The molecule has 5 atom stereocenters. The number of piperidine rings is 1. The number of amides is 2. The van der Waals surface area contributed by atoms with Crippen LogP contribution in [0, 0.1) is 34.5 Å². The van der Waals surface area contributed by atoms with Crippen molar-refractivity contribution in [1.82, 2.24) is 20.9 Å². The number of rotatable bonds is 15. The second-order valence-electron chi connectivity index (χ2n) is 18.0. The first-order chi connectivity index (χ1) is 25.0. The van der Waals surface area contributed by atoms with Crippen molar-refractivity contribution in [3.63, 3.8) is 0 Å². The summed E-state index contributed by atoms with van der Waals surface area (Å²) in [7, 11) is 0. The summed E-state index contributed by atoms with van der Waals surface area (Å²) in [6.45, 7) is 39.1. The summed E-state index contributed by atoms with van der Waals surface area (Å²) in [6, 6.07) is 10.6. The minimum Gasteiger partial charge on any atom is -0.399 e. The van der Waals surface area contributed by atoms with Crippen LogP contribution in [-0.2, 0) is 6.54 Å². The summed E-state index contributed by atoms with van der Waals surface area (Å²) >= 11 is 0. The average Bonchev–Trinajstić information content (AvgIpc) is 3.48. The third-order valence-corrected chi connectivity index (χ3v) is 13.4. The van der Waals surface area contributed by atoms with Crippen molar-refractivity contribution >= 4 is 6.03 Å². The lowest BCUT2D eigenvalue weighted by molar-refractivity contribution is 0.170. The van der Waals surface area contributed by atoms with Gasteiger partial charge in [-0.05, 0) is 78.2 Å². The molecule has 6 heteroatoms. The number of nitrogens with zero attached hydrogens (tertiary/aromatic N) is 1. The quantitative estimate of drug-likeness (QED) is 0.0823. The van der Waals surface area contributed by atoms with E-state index in [-0.39, 0.29) is 23.0 Å². The van der Waals surface area contributed by atoms with Crippen LogP contribution in [-0.4, -0.2) is 41.6 Å². The summed E-state index contributed by atoms with van der Waals surface area (Å²) in [6.07, 6.45) is 13.2. The van der Waals surface area contributed by atoms with Crippen LogP contribution < -0.4 is 21.7 Å². The standard InChI is InChI=1S/C34H54N4O.C11H19N.C2H6/c1-9-32(5,6)30(25(4)38-22-27-28(33(27,7)8)29(38)24(2)3)36-31(39)37-34(19-15-10-11-16-20-34)23-35-21-26-17-13-12-14-18-26;1-8(9(2)10(3)12)7-11-5-4-6-11;1-2/h12-14,17-18,27-30,35H,2,4,9-11,15-16,19-23H2,1,3,5-8H3,(H2,36,37,39);8,11H,2-7,12H2,1H3;1-2H3/t27?,28-,29?,30?;;/m0../s1. The molecule has 0 aromatic heterocycles. The first-order valence-corrected chi connectivity index (χ1v) is 21.1. The summed E-state index contributed by atoms with van der Waals surface area (Å²) in [5.74, 6) is 2.74. The second kappa shape index (κ2) is 19.6. The lowest BCUT2D eigenvalue weighted by Crippen LogP contribution is -2.60. The zero-order valence-corrected chi connectivity index (χ0v) is 35.5. The van der Waals surface area contributed by atoms with E-state index in [4.69, 9.17) is 5.73 Å². The lowest BCUT2D eigenvalue weighted by Gasteiger charge is -2.44. The first-order valence-electron chi connectivity index (χ1n) is 21.1. The van der Waals surface area contributed by atoms with Crippen molar-refractivity contribution in [2.24, 2.45) is 40.2 Å². The number of urea groups is 1. The fourth-order valence-electron chi connectivity index (χ4n) is 9.14. The SMILES string of the molecule is C=C(C)C1[C@@H]2C(CN1C(=C)C(NC(=O)NC1(CNCc3ccccc3)CCCCCC1)C(C)(C)CC)C2(C)C.C=C(N)C(=C)C(C)CC1CCC1.CC. The Morgan fingerprint density at radius 3 is 2.11 bits per heavy atom. The highest BCUT2D eigenvalue weighted by Crippen LogP contribution is 2.66. The van der Waals surface area contributed by atoms with Gasteiger partial charge in [0.2, 0.25) is 0 Å². The van der Waals surface area contributed by atoms with E-state index in [0.29, 0.717) is 34.9 Å². The smallest absolute Gasteiger partial charge is 0.315 e. The molecule has 298 valence electrons. The molecule has 4 unspecified atom stereocenters. The zero-order valence-electron chi connectivity index (χ0n) is 35.5. The van der Waals surface area contributed by atoms with Gasteiger partial charge in [0, 0.05) is 31.0 Å². The number of hydrogen-bond donors (Lipinski definition) is 4. The van der Waals surface area contributed by atoms with E-state index in [1.54, 1.807) is 0 Å². The number of allylic oxidation sites excluding steroid dienone is 1. The molecule has 1 aromatic carbocycles. The monoisotopic (exact) mass is 730 g/mol. The molecule has 1 saturated heterocycles. The Bertz CT molecular complexity index is 1370. The number of carbonyl (C=O) groups excluding carboxylic acids is 1. The van der Waals surface area contributed by atoms with Gasteiger partial charge in [-0.15, -0.1) is 0 Å². The molecular weight excluding hydrogens is 651 g/mol. The third kappa shape index (κ3) is 11.5. The molecule has 1 aromatic rings. The second-order valence-corrected chi connectivity index (χ2v) is 18.0. The van der Waals surface area contributed by atoms with Crippen LogP contribution >= 0.6 is 0 Å². The van der Waals surface area contributed by atoms with Crippen molar-refractivity contribution in [2.45, 2.75) is 157 Å². The van der Waals surface area contributed by atoms with E-state index in [2.05, 4.69) is 126 Å². The van der Waals surface area contributed by atoms with Gasteiger partial charge >= 0.3 is 6.03 Å². The van der Waals surface area contributed by atoms with Gasteiger partial charge in [-0.3, -0.25) is 0 Å². The summed E-state index contributed by atoms with van der Waals surface area (Å²) < 4.78 is 0. The van der Waals surface area contributed by atoms with Gasteiger partial charge in [0.05, 0.1) is 17.6 Å². The van der Waals surface area contributed by atoms with Crippen molar-refractivity contribution in [3.05, 3.63) is 84.8 Å². The van der Waals surface area contributed by atoms with E-state index in [0.717, 1.165) is 68.9 Å². The predicted octanol–water partition coefficient (Wildman–Crippen LogP) is 10.9. The van der Waals surface area contributed by atoms with Crippen molar-refractivity contribution in [1.29, 1.82) is 0 Å². The van der Waals surface area contributed by atoms with Crippen LogP contribution in [0.25, 0.3) is 0 Å². The number of benzene rings is 1. The van der Waals surface area contributed by atoms with Crippen LogP contribution in [0.15, 0.2) is 79.2 Å². The number of fused-ring (bicyclic) bond motifs is 1. The van der Waals surface area contributed by atoms with E-state index < -0.39 is 0 Å². The van der Waals surface area contributed by atoms with E-state index >= 15 is 0 Å². The highest BCUT2D eigenvalue weighted by atomic mass is 16.2. The van der Waals surface area contributed by atoms with Crippen molar-refractivity contribution in [3.8, 4) is 0 Å². The summed E-state index contributed by atoms with van der Waals surface area (Å²) in [4.78, 5) is 16.3. The fraction of sp³-hybridized carbons (Fsp3) is 0.681. The van der Waals surface area contributed by atoms with Crippen LogP contribution in [0.4, 0.5) is 4.79 Å². The Hall–Kier alpha value is -2.99. The number of hydrogen-bond acceptors (Lipinski definition) is 4. The lowest BCUT2D eigenvalue weighted by atomic mass is 9.77. The predicted molar refractivity (Wildman–Crippen MR) is 228 cm³/mol. The molecule has 0 bridgehead atoms. The molecule has 0 radical (unpaired) electrons. The molecule has 1 heterocycles. The summed E-state index contributed by atoms with van der Waals surface area (Å²) in [5.41, 5.74) is 10.8. The Morgan fingerprint density at radius 2 is 1.60 bits per heavy atom. The Labute approximate surface area is 326 Å². The molecule has 2 amide bonds. The molecular formula is C47H79N5O. The topological polar surface area (TPSA) is 82.4 Å². The maximum atomic E-state index is 13.8. The minimum absolute atomic E-state index is 0.0670. The molecule has 3 aliphatic carbocycles. The van der Waals surface area contributed by atoms with Crippen LogP contribution in [0.3, 0.4) is 0 Å². The molecule has 1 aliphatic heterocycles. The number of carbonyl (C=O) groups is 1. The highest BCUT2D eigenvalue weighted by molar-refractivity contribution is 5.75. The highest BCUT2D eigenvalue weighted by Gasteiger charge is 2.67. The molecule has 5 N–H and O–H groups in total. The van der Waals surface area contributed by atoms with E-state index in [1.807, 2.05) is 13.8 Å². The normalized spacial score (nSPS) is 23.9. The Kier molecular flexibility index (Phi) is 16.4. The number of nitrogens with two attached hydrogens (primary N) is 1. The zero-order chi connectivity index (χ0) is 39.6. The maximum absolute atomic E-state index is 13.8. The van der Waals surface area contributed by atoms with Crippen molar-refractivity contribution in [2.75, 3.05) is 13.1 Å². The third-order valence-electron chi connectivity index (χ3n) is 13.4. The summed E-state index contributed by atoms with van der Waals surface area (Å²) in [5, 5.41) is 10.6. The molecule has 3 saturated carbocycles. The largest absolute Gasteiger partial charge is 0.399 e. The Morgan fingerprint density at radius 1 is 1.00 bits per heavy atom. The van der Waals surface area contributed by atoms with Gasteiger partial charge in [-0.2, -0.15) is 0 Å². The van der Waals surface area contributed by atoms with Gasteiger partial charge in [0.15, 0.2) is 0 Å². The van der Waals surface area contributed by atoms with Gasteiger partial charge in [0.25, 0.3) is 0 Å². The number of nitrogens with one attached hydrogen (secondary N) is 3. The van der Waals surface area contributed by atoms with Gasteiger partial charge in [-0.1, -0.05) is 163 Å². The molecule has 53 heavy (non-hydrogen) atoms. The molecule has 4 aliphatic rings. The minimum atomic E-state index is -0.239. The van der Waals surface area contributed by atoms with Gasteiger partial charge in [-0.25, -0.2) is 4.79 Å². The van der Waals surface area contributed by atoms with Crippen LogP contribution in [0.2, 0.25) is 0 Å². The molecule has 4 fully saturated rings. The first kappa shape index (κ1) is 44.4. The van der Waals surface area contributed by atoms with Crippen LogP contribution in [0.5, 0.6) is 0 Å². The van der Waals surface area contributed by atoms with Gasteiger partial charge in [0.1, 0.15) is 0 Å². The van der Waals surface area contributed by atoms with Gasteiger partial charge < -0.3 is 26.6 Å². The van der Waals surface area contributed by atoms with E-state index in [1.165, 1.54) is 49.7 Å². The maximum Gasteiger partial charge on any atom is 0.315 e. The van der Waals surface area contributed by atoms with Crippen LogP contribution in [0.1, 0.15) is 139 Å². The average molecular weight is 730 g/mol.